The summed E-state index contributed by atoms with van der Waals surface area (Å²) < 4.78 is 0. The minimum absolute atomic E-state index is 0.201. The lowest BCUT2D eigenvalue weighted by atomic mass is 10.1. The number of nitrogens with two attached hydrogens (primary N) is 1. The summed E-state index contributed by atoms with van der Waals surface area (Å²) in [5.41, 5.74) is 6.40. The Labute approximate surface area is 123 Å². The molecule has 6 heteroatoms. The highest BCUT2D eigenvalue weighted by molar-refractivity contribution is 7.99. The van der Waals surface area contributed by atoms with E-state index in [1.807, 2.05) is 6.07 Å². The maximum Gasteiger partial charge on any atom is 0.142 e. The van der Waals surface area contributed by atoms with Crippen LogP contribution in [0, 0.1) is 22.7 Å². The van der Waals surface area contributed by atoms with Gasteiger partial charge in [0.25, 0.3) is 0 Å². The Kier molecular flexibility index (Phi) is 5.23. The van der Waals surface area contributed by atoms with Gasteiger partial charge in [0.1, 0.15) is 23.0 Å². The molecule has 0 saturated carbocycles. The fourth-order valence-electron chi connectivity index (χ4n) is 2.24. The number of thioether (sulfide) groups is 1. The van der Waals surface area contributed by atoms with Crippen molar-refractivity contribution in [1.29, 1.82) is 10.5 Å². The topological polar surface area (TPSA) is 89.7 Å². The molecule has 0 aromatic carbocycles. The predicted octanol–water partition coefficient (Wildman–Crippen LogP) is 1.99. The normalized spacial score (nSPS) is 15.5. The number of nitrogens with zero attached hydrogens (tertiary/aromatic N) is 4. The van der Waals surface area contributed by atoms with Gasteiger partial charge < -0.3 is 10.6 Å². The summed E-state index contributed by atoms with van der Waals surface area (Å²) in [5.74, 6) is 1.08. The number of piperidine rings is 1. The number of nitriles is 2. The minimum Gasteiger partial charge on any atom is -0.383 e. The molecule has 104 valence electrons. The van der Waals surface area contributed by atoms with E-state index < -0.39 is 0 Å². The number of anilines is 1. The Bertz CT molecular complexity index is 552. The molecule has 2 N–H and O–H groups in total. The van der Waals surface area contributed by atoms with Gasteiger partial charge in [0.2, 0.25) is 0 Å². The molecule has 1 saturated heterocycles. The van der Waals surface area contributed by atoms with E-state index in [4.69, 9.17) is 16.3 Å². The molecular weight excluding hydrogens is 270 g/mol. The number of likely N-dealkylation sites (tertiary alicyclic amines) is 1. The van der Waals surface area contributed by atoms with Crippen LogP contribution in [0.2, 0.25) is 0 Å². The van der Waals surface area contributed by atoms with Crippen LogP contribution < -0.4 is 5.73 Å². The zero-order valence-electron chi connectivity index (χ0n) is 11.3. The van der Waals surface area contributed by atoms with Crippen molar-refractivity contribution in [2.24, 2.45) is 0 Å². The third-order valence-corrected chi connectivity index (χ3v) is 4.32. The van der Waals surface area contributed by atoms with Gasteiger partial charge in [0.05, 0.1) is 11.1 Å². The summed E-state index contributed by atoms with van der Waals surface area (Å²) in [6.45, 7) is 3.32. The average Bonchev–Trinajstić information content (AvgIpc) is 2.48. The minimum atomic E-state index is 0.201. The first-order valence-electron chi connectivity index (χ1n) is 6.70. The molecule has 2 rings (SSSR count). The summed E-state index contributed by atoms with van der Waals surface area (Å²) in [6, 6.07) is 5.55. The maximum absolute atomic E-state index is 9.11. The summed E-state index contributed by atoms with van der Waals surface area (Å²) in [7, 11) is 0. The number of aromatic nitrogens is 1. The Morgan fingerprint density at radius 2 is 1.90 bits per heavy atom. The van der Waals surface area contributed by atoms with Gasteiger partial charge in [-0.25, -0.2) is 4.98 Å². The summed E-state index contributed by atoms with van der Waals surface area (Å²) >= 11 is 1.53. The number of rotatable bonds is 4. The van der Waals surface area contributed by atoms with E-state index in [2.05, 4.69) is 16.0 Å². The third kappa shape index (κ3) is 3.63. The third-order valence-electron chi connectivity index (χ3n) is 3.35. The summed E-state index contributed by atoms with van der Waals surface area (Å²) in [4.78, 5) is 6.61. The van der Waals surface area contributed by atoms with Crippen molar-refractivity contribution < 1.29 is 0 Å². The van der Waals surface area contributed by atoms with Crippen LogP contribution in [0.15, 0.2) is 11.1 Å². The lowest BCUT2D eigenvalue weighted by molar-refractivity contribution is 0.242. The number of pyridine rings is 1. The Morgan fingerprint density at radius 3 is 2.55 bits per heavy atom. The van der Waals surface area contributed by atoms with Crippen molar-refractivity contribution in [3.05, 3.63) is 17.2 Å². The highest BCUT2D eigenvalue weighted by Crippen LogP contribution is 2.24. The second-order valence-electron chi connectivity index (χ2n) is 4.75. The van der Waals surface area contributed by atoms with Crippen LogP contribution in [0.5, 0.6) is 0 Å². The number of hydrogen-bond acceptors (Lipinski definition) is 6. The number of hydrogen-bond donors (Lipinski definition) is 1. The smallest absolute Gasteiger partial charge is 0.142 e. The molecule has 1 aromatic heterocycles. The van der Waals surface area contributed by atoms with Crippen LogP contribution in [0.25, 0.3) is 0 Å². The molecule has 0 atom stereocenters. The van der Waals surface area contributed by atoms with Crippen molar-refractivity contribution >= 4 is 17.6 Å². The summed E-state index contributed by atoms with van der Waals surface area (Å²) in [6.07, 6.45) is 3.88. The van der Waals surface area contributed by atoms with Gasteiger partial charge in [0, 0.05) is 12.3 Å². The van der Waals surface area contributed by atoms with Crippen LogP contribution in [0.4, 0.5) is 5.82 Å². The van der Waals surface area contributed by atoms with Gasteiger partial charge in [-0.1, -0.05) is 6.42 Å². The van der Waals surface area contributed by atoms with Crippen LogP contribution in [-0.4, -0.2) is 35.3 Å². The van der Waals surface area contributed by atoms with Crippen molar-refractivity contribution in [2.75, 3.05) is 31.1 Å². The second kappa shape index (κ2) is 7.14. The molecule has 20 heavy (non-hydrogen) atoms. The standard InChI is InChI=1S/C14H17N5S/c15-9-11-8-12(10-16)14(18-13(11)17)20-7-6-19-4-2-1-3-5-19/h8H,1-7H2,(H2,17,18). The average molecular weight is 287 g/mol. The van der Waals surface area contributed by atoms with Gasteiger partial charge >= 0.3 is 0 Å². The lowest BCUT2D eigenvalue weighted by Crippen LogP contribution is -2.31. The quantitative estimate of drug-likeness (QED) is 0.852. The lowest BCUT2D eigenvalue weighted by Gasteiger charge is -2.26. The molecule has 1 aromatic rings. The van der Waals surface area contributed by atoms with Crippen LogP contribution in [0.3, 0.4) is 0 Å². The molecule has 5 nitrogen and oxygen atoms in total. The zero-order chi connectivity index (χ0) is 14.4. The largest absolute Gasteiger partial charge is 0.383 e. The van der Waals surface area contributed by atoms with E-state index in [0.717, 1.165) is 25.4 Å². The van der Waals surface area contributed by atoms with Gasteiger partial charge in [0.15, 0.2) is 0 Å². The van der Waals surface area contributed by atoms with E-state index in [1.165, 1.54) is 37.1 Å². The fraction of sp³-hybridized carbons (Fsp3) is 0.500. The van der Waals surface area contributed by atoms with Gasteiger partial charge in [-0.2, -0.15) is 10.5 Å². The van der Waals surface area contributed by atoms with Crippen molar-refractivity contribution in [2.45, 2.75) is 24.3 Å². The monoisotopic (exact) mass is 287 g/mol. The van der Waals surface area contributed by atoms with Gasteiger partial charge in [-0.05, 0) is 32.0 Å². The van der Waals surface area contributed by atoms with Crippen LogP contribution in [0.1, 0.15) is 30.4 Å². The SMILES string of the molecule is N#Cc1cc(C#N)c(SCCN2CCCCC2)nc1N. The zero-order valence-corrected chi connectivity index (χ0v) is 12.1. The molecule has 0 aliphatic carbocycles. The Balaban J connectivity index is 1.97. The molecular formula is C14H17N5S. The second-order valence-corrected chi connectivity index (χ2v) is 5.83. The van der Waals surface area contributed by atoms with Crippen molar-refractivity contribution in [3.8, 4) is 12.1 Å². The van der Waals surface area contributed by atoms with Gasteiger partial charge in [-0.3, -0.25) is 0 Å². The van der Waals surface area contributed by atoms with E-state index in [0.29, 0.717) is 10.6 Å². The first kappa shape index (κ1) is 14.6. The van der Waals surface area contributed by atoms with E-state index >= 15 is 0 Å². The highest BCUT2D eigenvalue weighted by Gasteiger charge is 2.12. The molecule has 0 unspecified atom stereocenters. The Hall–Kier alpha value is -1.76. The maximum atomic E-state index is 9.11. The fourth-order valence-corrected chi connectivity index (χ4v) is 3.21. The first-order chi connectivity index (χ1) is 9.74. The molecule has 0 bridgehead atoms. The van der Waals surface area contributed by atoms with Crippen LogP contribution >= 0.6 is 11.8 Å². The van der Waals surface area contributed by atoms with E-state index in [1.54, 1.807) is 0 Å². The van der Waals surface area contributed by atoms with Crippen LogP contribution in [-0.2, 0) is 0 Å². The highest BCUT2D eigenvalue weighted by atomic mass is 32.2. The molecule has 0 amide bonds. The van der Waals surface area contributed by atoms with E-state index in [-0.39, 0.29) is 11.4 Å². The molecule has 1 aliphatic heterocycles. The molecule has 1 aliphatic rings. The Morgan fingerprint density at radius 1 is 1.20 bits per heavy atom. The van der Waals surface area contributed by atoms with Gasteiger partial charge in [-0.15, -0.1) is 11.8 Å². The summed E-state index contributed by atoms with van der Waals surface area (Å²) in [5, 5.41) is 18.6. The van der Waals surface area contributed by atoms with E-state index in [9.17, 15) is 0 Å². The number of nitrogen functional groups attached to an aromatic ring is 1. The molecule has 0 radical (unpaired) electrons. The first-order valence-corrected chi connectivity index (χ1v) is 7.69. The molecule has 1 fully saturated rings. The predicted molar refractivity (Wildman–Crippen MR) is 79.1 cm³/mol. The molecule has 2 heterocycles. The van der Waals surface area contributed by atoms with Crippen molar-refractivity contribution in [1.82, 2.24) is 9.88 Å². The molecule has 0 spiro atoms. The van der Waals surface area contributed by atoms with Crippen molar-refractivity contribution in [3.63, 3.8) is 0 Å².